The highest BCUT2D eigenvalue weighted by Crippen LogP contribution is 2.26. The highest BCUT2D eigenvalue weighted by Gasteiger charge is 2.19. The molecule has 0 aliphatic heterocycles. The molecule has 3 N–H and O–H groups in total. The molecule has 1 aliphatic rings. The molecule has 1 aliphatic carbocycles. The van der Waals surface area contributed by atoms with Crippen LogP contribution in [0.1, 0.15) is 42.5 Å². The Morgan fingerprint density at radius 1 is 1.33 bits per heavy atom. The van der Waals surface area contributed by atoms with E-state index in [1.54, 1.807) is 0 Å². The Kier molecular flexibility index (Phi) is 3.79. The first-order valence-corrected chi connectivity index (χ1v) is 6.40. The summed E-state index contributed by atoms with van der Waals surface area (Å²) in [6.07, 6.45) is 5.00. The van der Waals surface area contributed by atoms with Crippen LogP contribution in [0.25, 0.3) is 0 Å². The summed E-state index contributed by atoms with van der Waals surface area (Å²) in [5.41, 5.74) is 7.85. The number of nitrogens with one attached hydrogen (secondary N) is 1. The van der Waals surface area contributed by atoms with Crippen molar-refractivity contribution >= 4 is 5.84 Å². The van der Waals surface area contributed by atoms with Crippen LogP contribution >= 0.6 is 0 Å². The summed E-state index contributed by atoms with van der Waals surface area (Å²) in [5, 5.41) is 15.7. The normalized spacial score (nSPS) is 15.9. The van der Waals surface area contributed by atoms with Crippen LogP contribution in [-0.4, -0.2) is 22.6 Å². The van der Waals surface area contributed by atoms with Crippen LogP contribution in [0.2, 0.25) is 0 Å². The van der Waals surface area contributed by atoms with Crippen LogP contribution in [-0.2, 0) is 0 Å². The van der Waals surface area contributed by atoms with Crippen LogP contribution in [0.15, 0.2) is 0 Å². The van der Waals surface area contributed by atoms with E-state index in [0.29, 0.717) is 24.0 Å². The zero-order chi connectivity index (χ0) is 13.1. The highest BCUT2D eigenvalue weighted by molar-refractivity contribution is 5.98. The summed E-state index contributed by atoms with van der Waals surface area (Å²) in [5.74, 6) is 0.998. The molecule has 0 radical (unpaired) electrons. The standard InChI is InChI=1S/C13H20N4O/c1-8-9(2)16-17-13(11(8)12(14)15)18-7-10-5-3-4-6-10/h10H,3-7H2,1-2H3,(H3,14,15). The summed E-state index contributed by atoms with van der Waals surface area (Å²) in [4.78, 5) is 0. The number of rotatable bonds is 4. The Morgan fingerprint density at radius 3 is 2.61 bits per heavy atom. The van der Waals surface area contributed by atoms with Gasteiger partial charge >= 0.3 is 0 Å². The van der Waals surface area contributed by atoms with E-state index in [1.807, 2.05) is 13.8 Å². The molecule has 1 aromatic rings. The minimum absolute atomic E-state index is 0.00748. The number of ether oxygens (including phenoxy) is 1. The monoisotopic (exact) mass is 248 g/mol. The Labute approximate surface area is 107 Å². The topological polar surface area (TPSA) is 84.9 Å². The van der Waals surface area contributed by atoms with Gasteiger partial charge in [0.25, 0.3) is 0 Å². The second kappa shape index (κ2) is 5.33. The number of aryl methyl sites for hydroxylation is 1. The van der Waals surface area contributed by atoms with Crippen molar-refractivity contribution in [2.24, 2.45) is 11.7 Å². The number of aromatic nitrogens is 2. The van der Waals surface area contributed by atoms with E-state index in [1.165, 1.54) is 25.7 Å². The van der Waals surface area contributed by atoms with E-state index in [2.05, 4.69) is 10.2 Å². The molecule has 18 heavy (non-hydrogen) atoms. The predicted octanol–water partition coefficient (Wildman–Crippen LogP) is 1.95. The lowest BCUT2D eigenvalue weighted by Crippen LogP contribution is -2.19. The van der Waals surface area contributed by atoms with Gasteiger partial charge in [0.1, 0.15) is 5.84 Å². The van der Waals surface area contributed by atoms with Gasteiger partial charge in [-0.05, 0) is 38.2 Å². The third kappa shape index (κ3) is 2.60. The fourth-order valence-corrected chi connectivity index (χ4v) is 2.38. The van der Waals surface area contributed by atoms with Gasteiger partial charge in [0.2, 0.25) is 5.88 Å². The van der Waals surface area contributed by atoms with Crippen LogP contribution in [0.3, 0.4) is 0 Å². The fraction of sp³-hybridized carbons (Fsp3) is 0.615. The molecule has 1 heterocycles. The molecule has 0 atom stereocenters. The minimum Gasteiger partial charge on any atom is -0.476 e. The average Bonchev–Trinajstić information content (AvgIpc) is 2.83. The van der Waals surface area contributed by atoms with Gasteiger partial charge in [-0.15, -0.1) is 5.10 Å². The van der Waals surface area contributed by atoms with Crippen molar-refractivity contribution < 1.29 is 4.74 Å². The lowest BCUT2D eigenvalue weighted by Gasteiger charge is -2.14. The third-order valence-corrected chi connectivity index (χ3v) is 3.62. The molecule has 0 amide bonds. The molecule has 1 saturated carbocycles. The summed E-state index contributed by atoms with van der Waals surface area (Å²) >= 11 is 0. The number of hydrogen-bond acceptors (Lipinski definition) is 4. The van der Waals surface area contributed by atoms with Gasteiger partial charge in [0.05, 0.1) is 17.9 Å². The van der Waals surface area contributed by atoms with E-state index in [0.717, 1.165) is 11.3 Å². The molecule has 1 fully saturated rings. The van der Waals surface area contributed by atoms with E-state index in [-0.39, 0.29) is 5.84 Å². The minimum atomic E-state index is -0.00748. The van der Waals surface area contributed by atoms with Crippen molar-refractivity contribution in [1.82, 2.24) is 10.2 Å². The Bertz CT molecular complexity index is 453. The van der Waals surface area contributed by atoms with Gasteiger partial charge in [-0.2, -0.15) is 5.10 Å². The lowest BCUT2D eigenvalue weighted by atomic mass is 10.1. The molecular weight excluding hydrogens is 228 g/mol. The van der Waals surface area contributed by atoms with E-state index in [4.69, 9.17) is 15.9 Å². The molecule has 0 unspecified atom stereocenters. The molecular formula is C13H20N4O. The number of nitrogen functional groups attached to an aromatic ring is 1. The van der Waals surface area contributed by atoms with Gasteiger partial charge < -0.3 is 10.5 Å². The molecule has 5 nitrogen and oxygen atoms in total. The largest absolute Gasteiger partial charge is 0.476 e. The van der Waals surface area contributed by atoms with Crippen molar-refractivity contribution in [3.63, 3.8) is 0 Å². The molecule has 5 heteroatoms. The molecule has 0 spiro atoms. The predicted molar refractivity (Wildman–Crippen MR) is 70.0 cm³/mol. The van der Waals surface area contributed by atoms with Crippen LogP contribution < -0.4 is 10.5 Å². The molecule has 0 bridgehead atoms. The average molecular weight is 248 g/mol. The second-order valence-corrected chi connectivity index (χ2v) is 4.97. The van der Waals surface area contributed by atoms with E-state index >= 15 is 0 Å². The smallest absolute Gasteiger partial charge is 0.244 e. The van der Waals surface area contributed by atoms with Crippen molar-refractivity contribution in [3.8, 4) is 5.88 Å². The summed E-state index contributed by atoms with van der Waals surface area (Å²) in [7, 11) is 0. The zero-order valence-electron chi connectivity index (χ0n) is 11.0. The fourth-order valence-electron chi connectivity index (χ4n) is 2.38. The summed E-state index contributed by atoms with van der Waals surface area (Å²) in [6.45, 7) is 4.40. The van der Waals surface area contributed by atoms with Gasteiger partial charge in [-0.1, -0.05) is 12.8 Å². The maximum absolute atomic E-state index is 7.63. The van der Waals surface area contributed by atoms with E-state index in [9.17, 15) is 0 Å². The number of nitrogens with zero attached hydrogens (tertiary/aromatic N) is 2. The number of nitrogens with two attached hydrogens (primary N) is 1. The molecule has 0 aromatic carbocycles. The highest BCUT2D eigenvalue weighted by atomic mass is 16.5. The molecule has 98 valence electrons. The van der Waals surface area contributed by atoms with Gasteiger partial charge in [0.15, 0.2) is 0 Å². The Hall–Kier alpha value is -1.65. The van der Waals surface area contributed by atoms with Crippen molar-refractivity contribution in [1.29, 1.82) is 5.41 Å². The molecule has 0 saturated heterocycles. The first-order valence-electron chi connectivity index (χ1n) is 6.40. The Morgan fingerprint density at radius 2 is 2.00 bits per heavy atom. The SMILES string of the molecule is Cc1nnc(OCC2CCCC2)c(C(=N)N)c1C. The summed E-state index contributed by atoms with van der Waals surface area (Å²) in [6, 6.07) is 0. The quantitative estimate of drug-likeness (QED) is 0.630. The third-order valence-electron chi connectivity index (χ3n) is 3.62. The van der Waals surface area contributed by atoms with Crippen LogP contribution in [0.5, 0.6) is 5.88 Å². The second-order valence-electron chi connectivity index (χ2n) is 4.97. The number of amidine groups is 1. The van der Waals surface area contributed by atoms with Crippen molar-refractivity contribution in [2.45, 2.75) is 39.5 Å². The summed E-state index contributed by atoms with van der Waals surface area (Å²) < 4.78 is 5.72. The van der Waals surface area contributed by atoms with Crippen molar-refractivity contribution in [2.75, 3.05) is 6.61 Å². The van der Waals surface area contributed by atoms with Gasteiger partial charge in [0, 0.05) is 0 Å². The van der Waals surface area contributed by atoms with Gasteiger partial charge in [-0.25, -0.2) is 0 Å². The van der Waals surface area contributed by atoms with Crippen LogP contribution in [0, 0.1) is 25.2 Å². The Balaban J connectivity index is 2.16. The van der Waals surface area contributed by atoms with E-state index < -0.39 is 0 Å². The molecule has 2 rings (SSSR count). The van der Waals surface area contributed by atoms with Crippen molar-refractivity contribution in [3.05, 3.63) is 16.8 Å². The van der Waals surface area contributed by atoms with Crippen LogP contribution in [0.4, 0.5) is 0 Å². The maximum atomic E-state index is 7.63. The first-order chi connectivity index (χ1) is 8.59. The number of hydrogen-bond donors (Lipinski definition) is 2. The van der Waals surface area contributed by atoms with Gasteiger partial charge in [-0.3, -0.25) is 5.41 Å². The first kappa shape index (κ1) is 12.8. The zero-order valence-corrected chi connectivity index (χ0v) is 11.0. The molecule has 1 aromatic heterocycles. The maximum Gasteiger partial charge on any atom is 0.244 e. The lowest BCUT2D eigenvalue weighted by molar-refractivity contribution is 0.240.